The quantitative estimate of drug-likeness (QED) is 0.609. The molecule has 1 heterocycles. The van der Waals surface area contributed by atoms with Crippen molar-refractivity contribution in [3.63, 3.8) is 0 Å². The molecule has 0 unspecified atom stereocenters. The summed E-state index contributed by atoms with van der Waals surface area (Å²) in [6.45, 7) is 1.83. The van der Waals surface area contributed by atoms with E-state index in [2.05, 4.69) is 5.32 Å². The number of halogens is 3. The number of methoxy groups -OCH3 is 2. The molecule has 35 heavy (non-hydrogen) atoms. The predicted octanol–water partition coefficient (Wildman–Crippen LogP) is 2.94. The Balaban J connectivity index is 1.49. The largest absolute Gasteiger partial charge is 0.493 e. The van der Waals surface area contributed by atoms with Crippen molar-refractivity contribution in [1.29, 1.82) is 0 Å². The molecule has 0 aliphatic carbocycles. The van der Waals surface area contributed by atoms with Crippen molar-refractivity contribution in [2.75, 3.05) is 70.8 Å². The molecule has 0 radical (unpaired) electrons. The molecule has 1 saturated heterocycles. The highest BCUT2D eigenvalue weighted by molar-refractivity contribution is 5.93. The zero-order valence-electron chi connectivity index (χ0n) is 19.9. The number of nitrogens with zero attached hydrogens (tertiary/aromatic N) is 3. The molecule has 0 saturated carbocycles. The van der Waals surface area contributed by atoms with E-state index in [9.17, 15) is 22.8 Å². The fourth-order valence-electron chi connectivity index (χ4n) is 3.84. The number of likely N-dealkylation sites (N-methyl/N-ethyl adjacent to an activating group) is 1. The maximum atomic E-state index is 13.1. The van der Waals surface area contributed by atoms with Gasteiger partial charge in [-0.1, -0.05) is 12.1 Å². The van der Waals surface area contributed by atoms with Gasteiger partial charge in [0.05, 0.1) is 38.6 Å². The fraction of sp³-hybridized carbons (Fsp3) is 0.417. The van der Waals surface area contributed by atoms with Gasteiger partial charge < -0.3 is 24.6 Å². The summed E-state index contributed by atoms with van der Waals surface area (Å²) < 4.78 is 49.9. The van der Waals surface area contributed by atoms with Gasteiger partial charge in [0, 0.05) is 45.0 Å². The van der Waals surface area contributed by atoms with Crippen molar-refractivity contribution >= 4 is 23.2 Å². The van der Waals surface area contributed by atoms with E-state index in [0.29, 0.717) is 37.7 Å². The monoisotopic (exact) mass is 494 g/mol. The second-order valence-corrected chi connectivity index (χ2v) is 8.14. The lowest BCUT2D eigenvalue weighted by atomic mass is 10.1. The van der Waals surface area contributed by atoms with E-state index in [4.69, 9.17) is 9.47 Å². The molecule has 1 fully saturated rings. The van der Waals surface area contributed by atoms with Crippen LogP contribution in [0.2, 0.25) is 0 Å². The average Bonchev–Trinajstić information content (AvgIpc) is 2.83. The van der Waals surface area contributed by atoms with Crippen molar-refractivity contribution in [2.24, 2.45) is 0 Å². The van der Waals surface area contributed by atoms with Crippen LogP contribution in [0.1, 0.15) is 5.56 Å². The Hall–Kier alpha value is -3.47. The first-order chi connectivity index (χ1) is 16.6. The highest BCUT2D eigenvalue weighted by atomic mass is 19.4. The lowest BCUT2D eigenvalue weighted by molar-refractivity contribution is -0.137. The molecule has 1 aliphatic rings. The molecular formula is C24H29F3N4O4. The average molecular weight is 495 g/mol. The Morgan fingerprint density at radius 1 is 1.00 bits per heavy atom. The zero-order valence-corrected chi connectivity index (χ0v) is 19.9. The number of anilines is 2. The van der Waals surface area contributed by atoms with E-state index < -0.39 is 17.6 Å². The maximum Gasteiger partial charge on any atom is 0.418 e. The topological polar surface area (TPSA) is 74.4 Å². The standard InChI is InChI=1S/C24H29F3N4O4/c1-29(17-8-9-20(34-2)21(14-17)35-3)16-23(33)31-12-10-30(11-13-31)15-22(32)28-19-7-5-4-6-18(19)24(25,26)27/h4-9,14H,10-13,15-16H2,1-3H3,(H,28,32). The molecule has 2 aromatic carbocycles. The van der Waals surface area contributed by atoms with Crippen molar-refractivity contribution in [3.8, 4) is 11.5 Å². The number of hydrogen-bond donors (Lipinski definition) is 1. The number of alkyl halides is 3. The van der Waals surface area contributed by atoms with Crippen LogP contribution in [0.3, 0.4) is 0 Å². The number of nitrogens with one attached hydrogen (secondary N) is 1. The second-order valence-electron chi connectivity index (χ2n) is 8.14. The number of hydrogen-bond acceptors (Lipinski definition) is 6. The summed E-state index contributed by atoms with van der Waals surface area (Å²) in [7, 11) is 4.90. The van der Waals surface area contributed by atoms with Gasteiger partial charge in [0.2, 0.25) is 11.8 Å². The number of para-hydroxylation sites is 1. The van der Waals surface area contributed by atoms with Crippen LogP contribution < -0.4 is 19.7 Å². The van der Waals surface area contributed by atoms with E-state index in [1.165, 1.54) is 18.2 Å². The second kappa shape index (κ2) is 11.3. The molecule has 8 nitrogen and oxygen atoms in total. The van der Waals surface area contributed by atoms with Crippen molar-refractivity contribution < 1.29 is 32.2 Å². The van der Waals surface area contributed by atoms with Crippen LogP contribution in [-0.2, 0) is 15.8 Å². The normalized spacial score (nSPS) is 14.4. The van der Waals surface area contributed by atoms with Gasteiger partial charge in [0.1, 0.15) is 0 Å². The summed E-state index contributed by atoms with van der Waals surface area (Å²) in [5.41, 5.74) is -0.357. The number of benzene rings is 2. The van der Waals surface area contributed by atoms with Gasteiger partial charge in [-0.15, -0.1) is 0 Å². The third-order valence-electron chi connectivity index (χ3n) is 5.78. The molecule has 2 aromatic rings. The summed E-state index contributed by atoms with van der Waals surface area (Å²) in [4.78, 5) is 30.5. The molecule has 1 aliphatic heterocycles. The number of rotatable bonds is 8. The maximum absolute atomic E-state index is 13.1. The SMILES string of the molecule is COc1ccc(N(C)CC(=O)N2CCN(CC(=O)Nc3ccccc3C(F)(F)F)CC2)cc1OC. The molecule has 1 N–H and O–H groups in total. The summed E-state index contributed by atoms with van der Waals surface area (Å²) in [6, 6.07) is 10.3. The number of carbonyl (C=O) groups excluding carboxylic acids is 2. The highest BCUT2D eigenvalue weighted by Crippen LogP contribution is 2.34. The van der Waals surface area contributed by atoms with Crippen LogP contribution in [0.5, 0.6) is 11.5 Å². The van der Waals surface area contributed by atoms with Gasteiger partial charge in [0.15, 0.2) is 11.5 Å². The van der Waals surface area contributed by atoms with Crippen LogP contribution in [0, 0.1) is 0 Å². The molecule has 0 spiro atoms. The lowest BCUT2D eigenvalue weighted by Gasteiger charge is -2.35. The smallest absolute Gasteiger partial charge is 0.418 e. The summed E-state index contributed by atoms with van der Waals surface area (Å²) in [5.74, 6) is 0.562. The third kappa shape index (κ3) is 6.78. The van der Waals surface area contributed by atoms with E-state index in [1.807, 2.05) is 15.9 Å². The van der Waals surface area contributed by atoms with Gasteiger partial charge in [-0.25, -0.2) is 0 Å². The molecule has 0 bridgehead atoms. The molecule has 190 valence electrons. The number of amides is 2. The van der Waals surface area contributed by atoms with Gasteiger partial charge >= 0.3 is 6.18 Å². The van der Waals surface area contributed by atoms with Gasteiger partial charge in [0.25, 0.3) is 0 Å². The lowest BCUT2D eigenvalue weighted by Crippen LogP contribution is -2.52. The van der Waals surface area contributed by atoms with Crippen molar-refractivity contribution in [2.45, 2.75) is 6.18 Å². The van der Waals surface area contributed by atoms with E-state index in [-0.39, 0.29) is 24.7 Å². The van der Waals surface area contributed by atoms with Crippen LogP contribution in [-0.4, -0.2) is 82.1 Å². The first-order valence-electron chi connectivity index (χ1n) is 11.0. The summed E-state index contributed by atoms with van der Waals surface area (Å²) in [5, 5.41) is 2.35. The van der Waals surface area contributed by atoms with Crippen molar-refractivity contribution in [3.05, 3.63) is 48.0 Å². The van der Waals surface area contributed by atoms with Crippen LogP contribution >= 0.6 is 0 Å². The Labute approximate surface area is 202 Å². The van der Waals surface area contributed by atoms with Crippen LogP contribution in [0.15, 0.2) is 42.5 Å². The van der Waals surface area contributed by atoms with Crippen molar-refractivity contribution in [1.82, 2.24) is 9.80 Å². The van der Waals surface area contributed by atoms with Gasteiger partial charge in [-0.05, 0) is 24.3 Å². The first-order valence-corrected chi connectivity index (χ1v) is 11.0. The highest BCUT2D eigenvalue weighted by Gasteiger charge is 2.33. The minimum Gasteiger partial charge on any atom is -0.493 e. The zero-order chi connectivity index (χ0) is 25.6. The Bertz CT molecular complexity index is 1040. The minimum absolute atomic E-state index is 0.0558. The molecule has 3 rings (SSSR count). The first kappa shape index (κ1) is 26.1. The van der Waals surface area contributed by atoms with Gasteiger partial charge in [-0.2, -0.15) is 13.2 Å². The van der Waals surface area contributed by atoms with E-state index in [0.717, 1.165) is 11.8 Å². The Morgan fingerprint density at radius 3 is 2.29 bits per heavy atom. The third-order valence-corrected chi connectivity index (χ3v) is 5.78. The fourth-order valence-corrected chi connectivity index (χ4v) is 3.84. The molecule has 11 heteroatoms. The van der Waals surface area contributed by atoms with Gasteiger partial charge in [-0.3, -0.25) is 14.5 Å². The van der Waals surface area contributed by atoms with E-state index in [1.54, 1.807) is 38.3 Å². The molecular weight excluding hydrogens is 465 g/mol. The Morgan fingerprint density at radius 2 is 1.66 bits per heavy atom. The molecule has 0 aromatic heterocycles. The number of ether oxygens (including phenoxy) is 2. The van der Waals surface area contributed by atoms with Crippen LogP contribution in [0.4, 0.5) is 24.5 Å². The van der Waals surface area contributed by atoms with E-state index >= 15 is 0 Å². The molecule has 0 atom stereocenters. The summed E-state index contributed by atoms with van der Waals surface area (Å²) in [6.07, 6.45) is -4.56. The predicted molar refractivity (Wildman–Crippen MR) is 126 cm³/mol. The van der Waals surface area contributed by atoms with Crippen LogP contribution in [0.25, 0.3) is 0 Å². The number of carbonyl (C=O) groups is 2. The molecule has 2 amide bonds. The number of piperazine rings is 1. The Kier molecular flexibility index (Phi) is 8.44. The summed E-state index contributed by atoms with van der Waals surface area (Å²) >= 11 is 0. The minimum atomic E-state index is -4.56.